The van der Waals surface area contributed by atoms with Crippen molar-refractivity contribution in [2.45, 2.75) is 65.1 Å². The first-order valence-corrected chi connectivity index (χ1v) is 9.24. The fourth-order valence-electron chi connectivity index (χ4n) is 4.94. The summed E-state index contributed by atoms with van der Waals surface area (Å²) in [6.45, 7) is 11.2. The lowest BCUT2D eigenvalue weighted by Crippen LogP contribution is -2.50. The Labute approximate surface area is 141 Å². The van der Waals surface area contributed by atoms with Crippen LogP contribution in [0.1, 0.15) is 47.0 Å². The Morgan fingerprint density at radius 2 is 2.13 bits per heavy atom. The first kappa shape index (κ1) is 17.0. The fraction of sp³-hybridized carbons (Fsp3) is 0.842. The highest BCUT2D eigenvalue weighted by Gasteiger charge is 2.51. The molecule has 4 rings (SSSR count). The normalized spacial score (nSPS) is 35.8. The number of nitrogens with zero attached hydrogens (tertiary/aromatic N) is 1. The predicted molar refractivity (Wildman–Crippen MR) is 94.2 cm³/mol. The molecule has 2 fully saturated rings. The van der Waals surface area contributed by atoms with Crippen molar-refractivity contribution in [3.63, 3.8) is 0 Å². The third kappa shape index (κ3) is 2.96. The molecule has 23 heavy (non-hydrogen) atoms. The number of nitrogens with one attached hydrogen (secondary N) is 2. The maximum absolute atomic E-state index is 12.1. The van der Waals surface area contributed by atoms with E-state index in [1.165, 1.54) is 12.8 Å². The molecule has 1 amide bonds. The minimum Gasteiger partial charge on any atom is -0.358 e. The van der Waals surface area contributed by atoms with E-state index in [0.717, 1.165) is 31.3 Å². The number of carbonyl (C=O) groups excluding carboxylic acids is 1. The molecule has 3 aliphatic carbocycles. The highest BCUT2D eigenvalue weighted by Crippen LogP contribution is 2.58. The van der Waals surface area contributed by atoms with E-state index in [4.69, 9.17) is 0 Å². The van der Waals surface area contributed by atoms with Crippen LogP contribution in [0.15, 0.2) is 11.6 Å². The SMILES string of the molecule is CNC(=O)[C@@H]1C[C@H](NCC2=CC[C@H]3C[C@@H]2C3(C)C)CN1C(C)C. The molecule has 0 aromatic heterocycles. The van der Waals surface area contributed by atoms with E-state index >= 15 is 0 Å². The molecule has 0 unspecified atom stereocenters. The van der Waals surface area contributed by atoms with Gasteiger partial charge in [-0.25, -0.2) is 0 Å². The second kappa shape index (κ2) is 6.21. The summed E-state index contributed by atoms with van der Waals surface area (Å²) >= 11 is 0. The van der Waals surface area contributed by atoms with Crippen molar-refractivity contribution in [1.29, 1.82) is 0 Å². The Kier molecular flexibility index (Phi) is 4.58. The summed E-state index contributed by atoms with van der Waals surface area (Å²) in [4.78, 5) is 14.5. The average Bonchev–Trinajstić information content (AvgIpc) is 2.96. The number of hydrogen-bond acceptors (Lipinski definition) is 3. The lowest BCUT2D eigenvalue weighted by Gasteiger charge is -2.56. The first-order chi connectivity index (χ1) is 10.8. The van der Waals surface area contributed by atoms with Gasteiger partial charge in [-0.1, -0.05) is 25.5 Å². The van der Waals surface area contributed by atoms with Crippen molar-refractivity contribution in [2.75, 3.05) is 20.1 Å². The molecule has 1 saturated carbocycles. The third-order valence-corrected chi connectivity index (χ3v) is 6.73. The molecule has 2 bridgehead atoms. The predicted octanol–water partition coefficient (Wildman–Crippen LogP) is 2.17. The van der Waals surface area contributed by atoms with E-state index in [9.17, 15) is 4.79 Å². The molecular formula is C19H33N3O. The number of likely N-dealkylation sites (tertiary alicyclic amines) is 1. The van der Waals surface area contributed by atoms with Crippen LogP contribution in [-0.2, 0) is 4.79 Å². The van der Waals surface area contributed by atoms with Crippen molar-refractivity contribution in [2.24, 2.45) is 17.3 Å². The van der Waals surface area contributed by atoms with Crippen LogP contribution in [0.4, 0.5) is 0 Å². The average molecular weight is 319 g/mol. The van der Waals surface area contributed by atoms with Gasteiger partial charge < -0.3 is 10.6 Å². The molecule has 4 heteroatoms. The number of likely N-dealkylation sites (N-methyl/N-ethyl adjacent to an activating group) is 1. The molecule has 4 aliphatic rings. The number of rotatable bonds is 5. The summed E-state index contributed by atoms with van der Waals surface area (Å²) in [6, 6.07) is 0.841. The summed E-state index contributed by atoms with van der Waals surface area (Å²) < 4.78 is 0. The summed E-state index contributed by atoms with van der Waals surface area (Å²) in [5.74, 6) is 1.82. The van der Waals surface area contributed by atoms with Crippen molar-refractivity contribution < 1.29 is 4.79 Å². The third-order valence-electron chi connectivity index (χ3n) is 6.73. The Balaban J connectivity index is 1.57. The van der Waals surface area contributed by atoms with E-state index in [1.54, 1.807) is 12.6 Å². The molecule has 130 valence electrons. The quantitative estimate of drug-likeness (QED) is 0.763. The van der Waals surface area contributed by atoms with E-state index in [0.29, 0.717) is 17.5 Å². The molecule has 1 saturated heterocycles. The molecular weight excluding hydrogens is 286 g/mol. The van der Waals surface area contributed by atoms with E-state index in [-0.39, 0.29) is 11.9 Å². The van der Waals surface area contributed by atoms with Gasteiger partial charge in [-0.05, 0) is 50.4 Å². The van der Waals surface area contributed by atoms with Gasteiger partial charge in [-0.15, -0.1) is 0 Å². The van der Waals surface area contributed by atoms with E-state index in [1.807, 2.05) is 0 Å². The van der Waals surface area contributed by atoms with E-state index in [2.05, 4.69) is 49.3 Å². The summed E-state index contributed by atoms with van der Waals surface area (Å²) in [5, 5.41) is 6.57. The van der Waals surface area contributed by atoms with Crippen LogP contribution in [0.25, 0.3) is 0 Å². The van der Waals surface area contributed by atoms with Crippen molar-refractivity contribution >= 4 is 5.91 Å². The fourth-order valence-corrected chi connectivity index (χ4v) is 4.94. The van der Waals surface area contributed by atoms with Gasteiger partial charge in [0.05, 0.1) is 6.04 Å². The maximum Gasteiger partial charge on any atom is 0.237 e. The van der Waals surface area contributed by atoms with Gasteiger partial charge in [0.2, 0.25) is 5.91 Å². The van der Waals surface area contributed by atoms with Crippen LogP contribution in [0.2, 0.25) is 0 Å². The lowest BCUT2D eigenvalue weighted by molar-refractivity contribution is -0.125. The molecule has 4 nitrogen and oxygen atoms in total. The highest BCUT2D eigenvalue weighted by molar-refractivity contribution is 5.81. The van der Waals surface area contributed by atoms with Crippen LogP contribution >= 0.6 is 0 Å². The monoisotopic (exact) mass is 319 g/mol. The second-order valence-corrected chi connectivity index (χ2v) is 8.56. The second-order valence-electron chi connectivity index (χ2n) is 8.56. The first-order valence-electron chi connectivity index (χ1n) is 9.24. The molecule has 1 heterocycles. The minimum absolute atomic E-state index is 0.0161. The van der Waals surface area contributed by atoms with Crippen molar-refractivity contribution in [3.05, 3.63) is 11.6 Å². The van der Waals surface area contributed by atoms with Gasteiger partial charge in [0.25, 0.3) is 0 Å². The minimum atomic E-state index is 0.0161. The Hall–Kier alpha value is -0.870. The zero-order valence-electron chi connectivity index (χ0n) is 15.4. The van der Waals surface area contributed by atoms with Gasteiger partial charge in [-0.2, -0.15) is 0 Å². The molecule has 4 atom stereocenters. The lowest BCUT2D eigenvalue weighted by atomic mass is 9.49. The molecule has 1 aliphatic heterocycles. The molecule has 0 aromatic carbocycles. The Morgan fingerprint density at radius 1 is 1.39 bits per heavy atom. The van der Waals surface area contributed by atoms with Crippen LogP contribution < -0.4 is 10.6 Å². The van der Waals surface area contributed by atoms with Crippen molar-refractivity contribution in [1.82, 2.24) is 15.5 Å². The van der Waals surface area contributed by atoms with E-state index < -0.39 is 0 Å². The standard InChI is InChI=1S/C19H33N3O/c1-12(2)22-11-15(9-17(22)18(23)20-5)21-10-13-6-7-14-8-16(13)19(14,3)4/h6,12,14-17,21H,7-11H2,1-5H3,(H,20,23)/t14-,15-,16-,17-/m0/s1. The van der Waals surface area contributed by atoms with Gasteiger partial charge in [0.15, 0.2) is 0 Å². The van der Waals surface area contributed by atoms with Gasteiger partial charge in [0.1, 0.15) is 0 Å². The number of carbonyl (C=O) groups is 1. The summed E-state index contributed by atoms with van der Waals surface area (Å²) in [5.41, 5.74) is 2.10. The topological polar surface area (TPSA) is 44.4 Å². The zero-order valence-corrected chi connectivity index (χ0v) is 15.4. The largest absolute Gasteiger partial charge is 0.358 e. The van der Waals surface area contributed by atoms with Crippen LogP contribution in [-0.4, -0.2) is 49.1 Å². The molecule has 0 aromatic rings. The number of hydrogen-bond donors (Lipinski definition) is 2. The smallest absolute Gasteiger partial charge is 0.237 e. The summed E-state index contributed by atoms with van der Waals surface area (Å²) in [6.07, 6.45) is 6.03. The van der Waals surface area contributed by atoms with Crippen LogP contribution in [0, 0.1) is 17.3 Å². The highest BCUT2D eigenvalue weighted by atomic mass is 16.2. The number of amides is 1. The molecule has 2 N–H and O–H groups in total. The number of fused-ring (bicyclic) bond motifs is 1. The maximum atomic E-state index is 12.1. The molecule has 0 radical (unpaired) electrons. The Morgan fingerprint density at radius 3 is 2.70 bits per heavy atom. The van der Waals surface area contributed by atoms with Crippen LogP contribution in [0.3, 0.4) is 0 Å². The molecule has 0 spiro atoms. The summed E-state index contributed by atoms with van der Waals surface area (Å²) in [7, 11) is 1.74. The van der Waals surface area contributed by atoms with Gasteiger partial charge in [0, 0.05) is 32.2 Å². The number of allylic oxidation sites excluding steroid dienone is 1. The zero-order chi connectivity index (χ0) is 16.8. The Bertz CT molecular complexity index is 497. The van der Waals surface area contributed by atoms with Gasteiger partial charge in [-0.3, -0.25) is 9.69 Å². The van der Waals surface area contributed by atoms with Gasteiger partial charge >= 0.3 is 0 Å². The van der Waals surface area contributed by atoms with Crippen molar-refractivity contribution in [3.8, 4) is 0 Å². The van der Waals surface area contributed by atoms with Crippen LogP contribution in [0.5, 0.6) is 0 Å².